The molecule has 192 valence electrons. The van der Waals surface area contributed by atoms with Crippen molar-refractivity contribution in [1.29, 1.82) is 0 Å². The third-order valence-electron chi connectivity index (χ3n) is 5.46. The van der Waals surface area contributed by atoms with E-state index in [0.717, 1.165) is 19.6 Å². The predicted molar refractivity (Wildman–Crippen MR) is 130 cm³/mol. The van der Waals surface area contributed by atoms with Crippen LogP contribution in [0.15, 0.2) is 38.0 Å². The Morgan fingerprint density at radius 2 is 1.24 bits per heavy atom. The zero-order valence-corrected chi connectivity index (χ0v) is 20.0. The van der Waals surface area contributed by atoms with Gasteiger partial charge in [-0.05, 0) is 12.8 Å². The Labute approximate surface area is 199 Å². The van der Waals surface area contributed by atoms with Gasteiger partial charge in [0.25, 0.3) is 0 Å². The molecule has 0 aromatic heterocycles. The summed E-state index contributed by atoms with van der Waals surface area (Å²) in [5.74, 6) is 0. The van der Waals surface area contributed by atoms with Crippen molar-refractivity contribution in [2.24, 2.45) is 0 Å². The quantitative estimate of drug-likeness (QED) is 0.136. The monoisotopic (exact) mass is 471 g/mol. The first-order valence-corrected chi connectivity index (χ1v) is 11.7. The van der Waals surface area contributed by atoms with E-state index in [1.54, 1.807) is 18.2 Å². The van der Waals surface area contributed by atoms with Crippen LogP contribution in [0, 0.1) is 0 Å². The molecule has 5 N–H and O–H groups in total. The third-order valence-corrected chi connectivity index (χ3v) is 5.46. The maximum atomic E-state index is 10.8. The van der Waals surface area contributed by atoms with Gasteiger partial charge >= 0.3 is 0 Å². The molecule has 1 heterocycles. The molecule has 1 fully saturated rings. The van der Waals surface area contributed by atoms with E-state index >= 15 is 0 Å². The minimum absolute atomic E-state index is 0.161. The maximum Gasteiger partial charge on any atom is 0.0900 e. The van der Waals surface area contributed by atoms with Gasteiger partial charge < -0.3 is 40.2 Å². The van der Waals surface area contributed by atoms with Crippen molar-refractivity contribution in [2.45, 2.75) is 36.7 Å². The van der Waals surface area contributed by atoms with Crippen molar-refractivity contribution < 1.29 is 29.5 Å². The van der Waals surface area contributed by atoms with Gasteiger partial charge in [-0.15, -0.1) is 19.7 Å². The second-order valence-corrected chi connectivity index (χ2v) is 8.45. The van der Waals surface area contributed by atoms with Crippen molar-refractivity contribution in [1.82, 2.24) is 15.5 Å². The Kier molecular flexibility index (Phi) is 16.5. The second kappa shape index (κ2) is 18.2. The van der Waals surface area contributed by atoms with Crippen molar-refractivity contribution in [2.75, 3.05) is 78.9 Å². The number of aliphatic hydroxyl groups is 3. The molecule has 9 nitrogen and oxygen atoms in total. The predicted octanol–water partition coefficient (Wildman–Crippen LogP) is -0.309. The van der Waals surface area contributed by atoms with Crippen molar-refractivity contribution >= 4 is 0 Å². The maximum absolute atomic E-state index is 10.8. The van der Waals surface area contributed by atoms with E-state index in [9.17, 15) is 15.3 Å². The Morgan fingerprint density at radius 3 is 1.76 bits per heavy atom. The van der Waals surface area contributed by atoms with Gasteiger partial charge in [-0.2, -0.15) is 0 Å². The molecule has 3 atom stereocenters. The Balaban J connectivity index is 3.09. The van der Waals surface area contributed by atoms with Crippen LogP contribution in [-0.2, 0) is 14.2 Å². The van der Waals surface area contributed by atoms with E-state index in [-0.39, 0.29) is 19.8 Å². The van der Waals surface area contributed by atoms with Crippen LogP contribution in [0.2, 0.25) is 0 Å². The fourth-order valence-corrected chi connectivity index (χ4v) is 4.12. The molecule has 1 aliphatic rings. The molecule has 3 unspecified atom stereocenters. The molecule has 0 aromatic carbocycles. The van der Waals surface area contributed by atoms with Gasteiger partial charge in [0, 0.05) is 44.8 Å². The Bertz CT molecular complexity index is 514. The summed E-state index contributed by atoms with van der Waals surface area (Å²) in [6.07, 6.45) is 3.41. The molecule has 0 aliphatic carbocycles. The van der Waals surface area contributed by atoms with E-state index in [0.29, 0.717) is 52.3 Å². The third kappa shape index (κ3) is 12.8. The van der Waals surface area contributed by atoms with Crippen LogP contribution in [0.5, 0.6) is 0 Å². The summed E-state index contributed by atoms with van der Waals surface area (Å²) < 4.78 is 16.4. The van der Waals surface area contributed by atoms with Crippen LogP contribution in [0.25, 0.3) is 0 Å². The number of rotatable bonds is 18. The zero-order valence-electron chi connectivity index (χ0n) is 20.0. The average Bonchev–Trinajstić information content (AvgIpc) is 2.86. The van der Waals surface area contributed by atoms with E-state index in [4.69, 9.17) is 14.2 Å². The molecular weight excluding hydrogens is 426 g/mol. The number of hydrogen-bond donors (Lipinski definition) is 5. The molecule has 33 heavy (non-hydrogen) atoms. The Hall–Kier alpha value is -1.14. The molecule has 0 saturated carbocycles. The van der Waals surface area contributed by atoms with Gasteiger partial charge in [0.05, 0.1) is 58.0 Å². The molecule has 0 radical (unpaired) electrons. The standard InChI is InChI=1S/C24H45N3O6/c1-4-11-31-17-21(28)14-24(15-22(29)18-32-12-5-2)20-26-8-7-25-9-10-27(24)16-23(30)19-33-13-6-3/h4-6,21-23,25-26,28-30H,1-3,7-20H2. The number of nitrogens with one attached hydrogen (secondary N) is 2. The van der Waals surface area contributed by atoms with Crippen molar-refractivity contribution in [3.8, 4) is 0 Å². The summed E-state index contributed by atoms with van der Waals surface area (Å²) in [5.41, 5.74) is -0.640. The lowest BCUT2D eigenvalue weighted by Crippen LogP contribution is -2.61. The van der Waals surface area contributed by atoms with Crippen LogP contribution in [-0.4, -0.2) is 123 Å². The molecule has 0 amide bonds. The smallest absolute Gasteiger partial charge is 0.0900 e. The lowest BCUT2D eigenvalue weighted by Gasteiger charge is -2.47. The Morgan fingerprint density at radius 1 is 0.758 bits per heavy atom. The largest absolute Gasteiger partial charge is 0.391 e. The minimum atomic E-state index is -0.751. The van der Waals surface area contributed by atoms with E-state index in [2.05, 4.69) is 35.3 Å². The van der Waals surface area contributed by atoms with Crippen LogP contribution >= 0.6 is 0 Å². The topological polar surface area (TPSA) is 116 Å². The van der Waals surface area contributed by atoms with Gasteiger partial charge in [0.2, 0.25) is 0 Å². The first-order valence-electron chi connectivity index (χ1n) is 11.7. The summed E-state index contributed by atoms with van der Waals surface area (Å²) in [6.45, 7) is 16.3. The van der Waals surface area contributed by atoms with E-state index < -0.39 is 23.9 Å². The SMILES string of the molecule is C=CCOCC(O)CN1CCNCCNCC1(CC(O)COCC=C)CC(O)COCC=C. The highest BCUT2D eigenvalue weighted by Crippen LogP contribution is 2.28. The van der Waals surface area contributed by atoms with Crippen LogP contribution in [0.4, 0.5) is 0 Å². The zero-order chi connectivity index (χ0) is 24.4. The van der Waals surface area contributed by atoms with E-state index in [1.807, 2.05) is 0 Å². The fraction of sp³-hybridized carbons (Fsp3) is 0.750. The molecule has 1 rings (SSSR count). The van der Waals surface area contributed by atoms with Crippen LogP contribution < -0.4 is 10.6 Å². The highest BCUT2D eigenvalue weighted by Gasteiger charge is 2.41. The van der Waals surface area contributed by atoms with Gasteiger partial charge in [0.15, 0.2) is 0 Å². The van der Waals surface area contributed by atoms with Gasteiger partial charge in [-0.25, -0.2) is 0 Å². The first kappa shape index (κ1) is 29.9. The molecule has 0 bridgehead atoms. The molecule has 9 heteroatoms. The van der Waals surface area contributed by atoms with Crippen LogP contribution in [0.3, 0.4) is 0 Å². The van der Waals surface area contributed by atoms with Gasteiger partial charge in [-0.3, -0.25) is 4.90 Å². The van der Waals surface area contributed by atoms with Crippen LogP contribution in [0.1, 0.15) is 12.8 Å². The molecule has 0 spiro atoms. The lowest BCUT2D eigenvalue weighted by atomic mass is 9.83. The lowest BCUT2D eigenvalue weighted by molar-refractivity contribution is -0.0618. The molecule has 1 aliphatic heterocycles. The van der Waals surface area contributed by atoms with Crippen molar-refractivity contribution in [3.05, 3.63) is 38.0 Å². The first-order chi connectivity index (χ1) is 16.0. The highest BCUT2D eigenvalue weighted by molar-refractivity contribution is 4.98. The summed E-state index contributed by atoms with van der Waals surface area (Å²) in [6, 6.07) is 0. The molecule has 1 saturated heterocycles. The van der Waals surface area contributed by atoms with Crippen molar-refractivity contribution in [3.63, 3.8) is 0 Å². The fourth-order valence-electron chi connectivity index (χ4n) is 4.12. The summed E-state index contributed by atoms with van der Waals surface area (Å²) in [5, 5.41) is 39.2. The average molecular weight is 472 g/mol. The summed E-state index contributed by atoms with van der Waals surface area (Å²) in [4.78, 5) is 2.15. The minimum Gasteiger partial charge on any atom is -0.391 e. The summed E-state index contributed by atoms with van der Waals surface area (Å²) >= 11 is 0. The molecule has 0 aromatic rings. The number of hydrogen-bond acceptors (Lipinski definition) is 9. The summed E-state index contributed by atoms with van der Waals surface area (Å²) in [7, 11) is 0. The molecular formula is C24H45N3O6. The number of nitrogens with zero attached hydrogens (tertiary/aromatic N) is 1. The van der Waals surface area contributed by atoms with Gasteiger partial charge in [-0.1, -0.05) is 18.2 Å². The normalized spacial score (nSPS) is 23.0. The number of β-amino-alcohol motifs (C(OH)–C–C–N with tert-alkyl or cyclic N) is 1. The second-order valence-electron chi connectivity index (χ2n) is 8.45. The number of aliphatic hydroxyl groups excluding tert-OH is 3. The van der Waals surface area contributed by atoms with E-state index in [1.165, 1.54) is 0 Å². The highest BCUT2D eigenvalue weighted by atomic mass is 16.5. The van der Waals surface area contributed by atoms with Gasteiger partial charge in [0.1, 0.15) is 0 Å². The number of ether oxygens (including phenoxy) is 3.